The second-order valence-electron chi connectivity index (χ2n) is 6.52. The fraction of sp³-hybridized carbons (Fsp3) is 0.933. The van der Waals surface area contributed by atoms with E-state index >= 15 is 0 Å². The molecule has 1 amide bonds. The number of carbonyl (C=O) groups is 1. The standard InChI is InChI=1S/C15H28N2O3/c1-11(2)17(12-6-4-3-5-7-12)15(20)10-16-8-13(18)14(19)9-16/h11-14,18-19H,3-10H2,1-2H3. The van der Waals surface area contributed by atoms with Gasteiger partial charge >= 0.3 is 0 Å². The van der Waals surface area contributed by atoms with Gasteiger partial charge in [0.1, 0.15) is 0 Å². The van der Waals surface area contributed by atoms with Gasteiger partial charge in [-0.25, -0.2) is 0 Å². The zero-order valence-corrected chi connectivity index (χ0v) is 12.7. The number of β-amino-alcohol motifs (C(OH)–C–C–N with tert-alkyl or cyclic N) is 2. The lowest BCUT2D eigenvalue weighted by atomic mass is 9.93. The number of amides is 1. The minimum Gasteiger partial charge on any atom is -0.389 e. The van der Waals surface area contributed by atoms with Gasteiger partial charge in [-0.1, -0.05) is 19.3 Å². The van der Waals surface area contributed by atoms with E-state index in [-0.39, 0.29) is 11.9 Å². The van der Waals surface area contributed by atoms with Crippen molar-refractivity contribution >= 4 is 5.91 Å². The van der Waals surface area contributed by atoms with Crippen molar-refractivity contribution < 1.29 is 15.0 Å². The van der Waals surface area contributed by atoms with E-state index in [0.717, 1.165) is 12.8 Å². The molecule has 0 radical (unpaired) electrons. The largest absolute Gasteiger partial charge is 0.389 e. The number of carbonyl (C=O) groups excluding carboxylic acids is 1. The van der Waals surface area contributed by atoms with Crippen LogP contribution in [0.3, 0.4) is 0 Å². The molecule has 1 heterocycles. The van der Waals surface area contributed by atoms with Crippen molar-refractivity contribution in [2.75, 3.05) is 19.6 Å². The van der Waals surface area contributed by atoms with E-state index < -0.39 is 12.2 Å². The molecule has 2 aliphatic rings. The van der Waals surface area contributed by atoms with Crippen molar-refractivity contribution in [1.29, 1.82) is 0 Å². The number of likely N-dealkylation sites (tertiary alicyclic amines) is 1. The summed E-state index contributed by atoms with van der Waals surface area (Å²) in [7, 11) is 0. The highest BCUT2D eigenvalue weighted by Crippen LogP contribution is 2.24. The topological polar surface area (TPSA) is 64.0 Å². The monoisotopic (exact) mass is 284 g/mol. The third-order valence-corrected chi connectivity index (χ3v) is 4.51. The first-order valence-electron chi connectivity index (χ1n) is 7.88. The van der Waals surface area contributed by atoms with Gasteiger partial charge in [0.15, 0.2) is 0 Å². The maximum Gasteiger partial charge on any atom is 0.237 e. The first kappa shape index (κ1) is 15.7. The minimum atomic E-state index is -0.718. The van der Waals surface area contributed by atoms with E-state index in [2.05, 4.69) is 13.8 Å². The van der Waals surface area contributed by atoms with Gasteiger partial charge in [-0.2, -0.15) is 0 Å². The molecule has 0 aromatic heterocycles. The molecule has 1 aliphatic carbocycles. The lowest BCUT2D eigenvalue weighted by molar-refractivity contribution is -0.137. The summed E-state index contributed by atoms with van der Waals surface area (Å²) >= 11 is 0. The molecule has 2 rings (SSSR count). The predicted octanol–water partition coefficient (Wildman–Crippen LogP) is 0.593. The summed E-state index contributed by atoms with van der Waals surface area (Å²) in [6, 6.07) is 0.580. The van der Waals surface area contributed by atoms with Gasteiger partial charge in [0.2, 0.25) is 5.91 Å². The number of aliphatic hydroxyl groups excluding tert-OH is 2. The average Bonchev–Trinajstić information content (AvgIpc) is 2.69. The molecular formula is C15H28N2O3. The average molecular weight is 284 g/mol. The molecular weight excluding hydrogens is 256 g/mol. The summed E-state index contributed by atoms with van der Waals surface area (Å²) in [6.07, 6.45) is 4.48. The van der Waals surface area contributed by atoms with Crippen LogP contribution in [0.15, 0.2) is 0 Å². The van der Waals surface area contributed by atoms with Crippen LogP contribution in [0.2, 0.25) is 0 Å². The molecule has 1 saturated carbocycles. The first-order chi connectivity index (χ1) is 9.49. The number of aliphatic hydroxyl groups is 2. The number of rotatable bonds is 4. The Morgan fingerprint density at radius 3 is 2.20 bits per heavy atom. The third kappa shape index (κ3) is 3.71. The van der Waals surface area contributed by atoms with Crippen molar-refractivity contribution in [3.63, 3.8) is 0 Å². The summed E-state index contributed by atoms with van der Waals surface area (Å²) in [6.45, 7) is 5.23. The molecule has 2 N–H and O–H groups in total. The molecule has 2 unspecified atom stereocenters. The summed E-state index contributed by atoms with van der Waals surface area (Å²) in [4.78, 5) is 16.5. The molecule has 2 atom stereocenters. The van der Waals surface area contributed by atoms with Gasteiger partial charge in [-0.05, 0) is 26.7 Å². The number of nitrogens with zero attached hydrogens (tertiary/aromatic N) is 2. The number of hydrogen-bond donors (Lipinski definition) is 2. The van der Waals surface area contributed by atoms with Crippen LogP contribution in [-0.4, -0.2) is 69.8 Å². The Balaban J connectivity index is 1.93. The van der Waals surface area contributed by atoms with Crippen LogP contribution in [0.25, 0.3) is 0 Å². The summed E-state index contributed by atoms with van der Waals surface area (Å²) in [5, 5.41) is 19.1. The van der Waals surface area contributed by atoms with Crippen LogP contribution in [0.1, 0.15) is 46.0 Å². The predicted molar refractivity (Wildman–Crippen MR) is 77.3 cm³/mol. The SMILES string of the molecule is CC(C)N(C(=O)CN1CC(O)C(O)C1)C1CCCCC1. The molecule has 5 nitrogen and oxygen atoms in total. The fourth-order valence-electron chi connectivity index (χ4n) is 3.52. The third-order valence-electron chi connectivity index (χ3n) is 4.51. The quantitative estimate of drug-likeness (QED) is 0.793. The van der Waals surface area contributed by atoms with Crippen LogP contribution < -0.4 is 0 Å². The summed E-state index contributed by atoms with van der Waals surface area (Å²) < 4.78 is 0. The zero-order valence-electron chi connectivity index (χ0n) is 12.7. The van der Waals surface area contributed by atoms with Gasteiger partial charge in [-0.3, -0.25) is 9.69 Å². The Bertz CT molecular complexity index is 319. The Hall–Kier alpha value is -0.650. The second kappa shape index (κ2) is 6.87. The highest BCUT2D eigenvalue weighted by molar-refractivity contribution is 5.79. The van der Waals surface area contributed by atoms with E-state index in [1.54, 1.807) is 0 Å². The van der Waals surface area contributed by atoms with Crippen molar-refractivity contribution in [2.45, 2.75) is 70.2 Å². The second-order valence-corrected chi connectivity index (χ2v) is 6.52. The van der Waals surface area contributed by atoms with E-state index in [1.165, 1.54) is 19.3 Å². The van der Waals surface area contributed by atoms with Crippen LogP contribution in [0, 0.1) is 0 Å². The molecule has 0 spiro atoms. The summed E-state index contributed by atoms with van der Waals surface area (Å²) in [5.41, 5.74) is 0. The first-order valence-corrected chi connectivity index (χ1v) is 7.88. The molecule has 20 heavy (non-hydrogen) atoms. The van der Waals surface area contributed by atoms with E-state index in [1.807, 2.05) is 9.80 Å². The van der Waals surface area contributed by atoms with E-state index in [4.69, 9.17) is 0 Å². The van der Waals surface area contributed by atoms with Gasteiger partial charge in [-0.15, -0.1) is 0 Å². The van der Waals surface area contributed by atoms with Gasteiger partial charge in [0, 0.05) is 25.2 Å². The van der Waals surface area contributed by atoms with Gasteiger partial charge in [0.25, 0.3) is 0 Å². The Morgan fingerprint density at radius 1 is 1.15 bits per heavy atom. The van der Waals surface area contributed by atoms with E-state index in [0.29, 0.717) is 25.7 Å². The van der Waals surface area contributed by atoms with Crippen molar-refractivity contribution in [1.82, 2.24) is 9.80 Å². The van der Waals surface area contributed by atoms with Crippen molar-refractivity contribution in [2.24, 2.45) is 0 Å². The Labute approximate surface area is 121 Å². The Kier molecular flexibility index (Phi) is 5.41. The smallest absolute Gasteiger partial charge is 0.237 e. The van der Waals surface area contributed by atoms with Gasteiger partial charge < -0.3 is 15.1 Å². The lowest BCUT2D eigenvalue weighted by Crippen LogP contribution is -2.49. The van der Waals surface area contributed by atoms with Crippen LogP contribution in [0.5, 0.6) is 0 Å². The molecule has 1 saturated heterocycles. The molecule has 1 aliphatic heterocycles. The molecule has 116 valence electrons. The lowest BCUT2D eigenvalue weighted by Gasteiger charge is -2.38. The molecule has 0 aromatic rings. The molecule has 5 heteroatoms. The van der Waals surface area contributed by atoms with Gasteiger partial charge in [0.05, 0.1) is 18.8 Å². The highest BCUT2D eigenvalue weighted by Gasteiger charge is 2.33. The zero-order chi connectivity index (χ0) is 14.7. The van der Waals surface area contributed by atoms with Crippen LogP contribution in [0.4, 0.5) is 0 Å². The normalized spacial score (nSPS) is 29.1. The fourth-order valence-corrected chi connectivity index (χ4v) is 3.52. The highest BCUT2D eigenvalue weighted by atomic mass is 16.3. The maximum atomic E-state index is 12.6. The summed E-state index contributed by atoms with van der Waals surface area (Å²) in [5.74, 6) is 0.133. The number of hydrogen-bond acceptors (Lipinski definition) is 4. The maximum absolute atomic E-state index is 12.6. The van der Waals surface area contributed by atoms with Crippen LogP contribution >= 0.6 is 0 Å². The van der Waals surface area contributed by atoms with Crippen molar-refractivity contribution in [3.05, 3.63) is 0 Å². The molecule has 0 bridgehead atoms. The van der Waals surface area contributed by atoms with Crippen molar-refractivity contribution in [3.8, 4) is 0 Å². The van der Waals surface area contributed by atoms with E-state index in [9.17, 15) is 15.0 Å². The molecule has 0 aromatic carbocycles. The minimum absolute atomic E-state index is 0.133. The molecule has 2 fully saturated rings. The Morgan fingerprint density at radius 2 is 1.70 bits per heavy atom. The van der Waals surface area contributed by atoms with Crippen LogP contribution in [-0.2, 0) is 4.79 Å².